The van der Waals surface area contributed by atoms with E-state index < -0.39 is 33.9 Å². The molecule has 2 atom stereocenters. The number of urea groups is 1. The van der Waals surface area contributed by atoms with Crippen LogP contribution in [0.4, 0.5) is 4.79 Å². The monoisotopic (exact) mass is 288 g/mol. The smallest absolute Gasteiger partial charge is 0.327 e. The molecule has 2 N–H and O–H groups in total. The first-order chi connectivity index (χ1) is 8.76. The molecule has 19 heavy (non-hydrogen) atoms. The maximum atomic E-state index is 11.9. The Kier molecular flexibility index (Phi) is 4.78. The number of carbonyl (C=O) groups excluding carboxylic acids is 1. The predicted molar refractivity (Wildman–Crippen MR) is 68.2 cm³/mol. The minimum absolute atomic E-state index is 0.0533. The standard InChI is InChI=1S/C11H16N2O5S/c1-3-4-9(10(14)15)12-11(16)13-5-6-19(17,18)7-8(13)2/h1,8-9H,4-7H2,2H3,(H,12,16)(H,14,15). The lowest BCUT2D eigenvalue weighted by atomic mass is 10.2. The SMILES string of the molecule is C#CCC(NC(=O)N1CCS(=O)(=O)CC1C)C(=O)O. The number of nitrogens with zero attached hydrogens (tertiary/aromatic N) is 1. The van der Waals surface area contributed by atoms with Crippen LogP contribution in [0.5, 0.6) is 0 Å². The normalized spacial score (nSPS) is 23.2. The second-order valence-electron chi connectivity index (χ2n) is 4.41. The number of rotatable bonds is 3. The van der Waals surface area contributed by atoms with Crippen LogP contribution in [-0.2, 0) is 14.6 Å². The second kappa shape index (κ2) is 5.93. The van der Waals surface area contributed by atoms with Gasteiger partial charge in [0.1, 0.15) is 6.04 Å². The van der Waals surface area contributed by atoms with Crippen LogP contribution in [0, 0.1) is 12.3 Å². The van der Waals surface area contributed by atoms with E-state index in [2.05, 4.69) is 11.2 Å². The lowest BCUT2D eigenvalue weighted by Crippen LogP contribution is -2.56. The summed E-state index contributed by atoms with van der Waals surface area (Å²) >= 11 is 0. The molecule has 7 nitrogen and oxygen atoms in total. The van der Waals surface area contributed by atoms with Gasteiger partial charge in [-0.25, -0.2) is 18.0 Å². The molecule has 0 saturated carbocycles. The average molecular weight is 288 g/mol. The average Bonchev–Trinajstić information content (AvgIpc) is 2.26. The Morgan fingerprint density at radius 1 is 1.58 bits per heavy atom. The maximum absolute atomic E-state index is 11.9. The van der Waals surface area contributed by atoms with Crippen molar-refractivity contribution >= 4 is 21.8 Å². The second-order valence-corrected chi connectivity index (χ2v) is 6.63. The van der Waals surface area contributed by atoms with Crippen LogP contribution in [0.15, 0.2) is 0 Å². The van der Waals surface area contributed by atoms with Crippen LogP contribution in [-0.4, -0.2) is 60.6 Å². The summed E-state index contributed by atoms with van der Waals surface area (Å²) in [6, 6.07) is -2.26. The van der Waals surface area contributed by atoms with Crippen molar-refractivity contribution in [3.8, 4) is 12.3 Å². The van der Waals surface area contributed by atoms with E-state index in [1.54, 1.807) is 6.92 Å². The largest absolute Gasteiger partial charge is 0.480 e. The fraction of sp³-hybridized carbons (Fsp3) is 0.636. The van der Waals surface area contributed by atoms with E-state index in [0.29, 0.717) is 0 Å². The summed E-state index contributed by atoms with van der Waals surface area (Å²) in [6.45, 7) is 1.66. The zero-order valence-electron chi connectivity index (χ0n) is 10.5. The third-order valence-electron chi connectivity index (χ3n) is 2.85. The Labute approximate surface area is 111 Å². The van der Waals surface area contributed by atoms with Crippen molar-refractivity contribution in [2.24, 2.45) is 0 Å². The van der Waals surface area contributed by atoms with Gasteiger partial charge in [0.15, 0.2) is 9.84 Å². The first-order valence-electron chi connectivity index (χ1n) is 5.70. The molecule has 2 amide bonds. The van der Waals surface area contributed by atoms with Gasteiger partial charge in [-0.2, -0.15) is 0 Å². The molecular formula is C11H16N2O5S. The van der Waals surface area contributed by atoms with Gasteiger partial charge in [-0.1, -0.05) is 0 Å². The van der Waals surface area contributed by atoms with Crippen LogP contribution in [0.2, 0.25) is 0 Å². The molecule has 1 aliphatic rings. The molecule has 1 rings (SSSR count). The van der Waals surface area contributed by atoms with Crippen LogP contribution < -0.4 is 5.32 Å². The van der Waals surface area contributed by atoms with Crippen LogP contribution in [0.25, 0.3) is 0 Å². The van der Waals surface area contributed by atoms with Crippen LogP contribution >= 0.6 is 0 Å². The van der Waals surface area contributed by atoms with Gasteiger partial charge in [-0.15, -0.1) is 12.3 Å². The van der Waals surface area contributed by atoms with Crippen molar-refractivity contribution < 1.29 is 23.1 Å². The van der Waals surface area contributed by atoms with Gasteiger partial charge in [0.05, 0.1) is 11.5 Å². The number of carbonyl (C=O) groups is 2. The molecule has 1 saturated heterocycles. The third kappa shape index (κ3) is 4.13. The van der Waals surface area contributed by atoms with Crippen LogP contribution in [0.1, 0.15) is 13.3 Å². The third-order valence-corrected chi connectivity index (χ3v) is 4.64. The zero-order valence-corrected chi connectivity index (χ0v) is 11.3. The highest BCUT2D eigenvalue weighted by Gasteiger charge is 2.32. The molecule has 0 aromatic heterocycles. The maximum Gasteiger partial charge on any atom is 0.327 e. The number of amides is 2. The molecule has 8 heteroatoms. The predicted octanol–water partition coefficient (Wildman–Crippen LogP) is -0.709. The van der Waals surface area contributed by atoms with Gasteiger partial charge >= 0.3 is 12.0 Å². The number of sulfone groups is 1. The van der Waals surface area contributed by atoms with Gasteiger partial charge in [0.25, 0.3) is 0 Å². The minimum atomic E-state index is -3.12. The summed E-state index contributed by atoms with van der Waals surface area (Å²) in [5, 5.41) is 11.2. The van der Waals surface area contributed by atoms with E-state index >= 15 is 0 Å². The van der Waals surface area contributed by atoms with Crippen molar-refractivity contribution in [1.29, 1.82) is 0 Å². The molecule has 0 aromatic rings. The van der Waals surface area contributed by atoms with E-state index in [1.807, 2.05) is 0 Å². The van der Waals surface area contributed by atoms with Gasteiger partial charge < -0.3 is 15.3 Å². The summed E-state index contributed by atoms with van der Waals surface area (Å²) < 4.78 is 22.8. The molecule has 1 heterocycles. The number of hydrogen-bond donors (Lipinski definition) is 2. The molecule has 0 aliphatic carbocycles. The van der Waals surface area contributed by atoms with E-state index in [0.717, 1.165) is 0 Å². The first kappa shape index (κ1) is 15.3. The summed E-state index contributed by atoms with van der Waals surface area (Å²) in [5.41, 5.74) is 0. The van der Waals surface area contributed by atoms with E-state index in [9.17, 15) is 18.0 Å². The molecule has 1 fully saturated rings. The van der Waals surface area contributed by atoms with Crippen molar-refractivity contribution in [2.75, 3.05) is 18.1 Å². The molecule has 0 spiro atoms. The first-order valence-corrected chi connectivity index (χ1v) is 7.53. The van der Waals surface area contributed by atoms with Gasteiger partial charge in [0, 0.05) is 19.0 Å². The number of hydrogen-bond acceptors (Lipinski definition) is 4. The molecule has 1 aliphatic heterocycles. The molecule has 0 aromatic carbocycles. The summed E-state index contributed by atoms with van der Waals surface area (Å²) in [5.74, 6) is 0.722. The molecular weight excluding hydrogens is 272 g/mol. The molecule has 106 valence electrons. The van der Waals surface area contributed by atoms with Crippen LogP contribution in [0.3, 0.4) is 0 Å². The number of aliphatic carboxylic acids is 1. The highest BCUT2D eigenvalue weighted by Crippen LogP contribution is 2.11. The number of nitrogens with one attached hydrogen (secondary N) is 1. The topological polar surface area (TPSA) is 104 Å². The Bertz CT molecular complexity index is 508. The van der Waals surface area contributed by atoms with Crippen molar-refractivity contribution in [2.45, 2.75) is 25.4 Å². The summed E-state index contributed by atoms with van der Waals surface area (Å²) in [7, 11) is -3.12. The van der Waals surface area contributed by atoms with Crippen molar-refractivity contribution in [1.82, 2.24) is 10.2 Å². The summed E-state index contributed by atoms with van der Waals surface area (Å²) in [4.78, 5) is 24.1. The Balaban J connectivity index is 2.68. The molecule has 2 unspecified atom stereocenters. The van der Waals surface area contributed by atoms with Gasteiger partial charge in [0.2, 0.25) is 0 Å². The Hall–Kier alpha value is -1.75. The van der Waals surface area contributed by atoms with Crippen molar-refractivity contribution in [3.63, 3.8) is 0 Å². The fourth-order valence-corrected chi connectivity index (χ4v) is 3.41. The zero-order chi connectivity index (χ0) is 14.6. The molecule has 0 radical (unpaired) electrons. The van der Waals surface area contributed by atoms with E-state index in [4.69, 9.17) is 11.5 Å². The van der Waals surface area contributed by atoms with Gasteiger partial charge in [-0.3, -0.25) is 0 Å². The minimum Gasteiger partial charge on any atom is -0.480 e. The number of carboxylic acid groups (broad SMARTS) is 1. The van der Waals surface area contributed by atoms with Crippen molar-refractivity contribution in [3.05, 3.63) is 0 Å². The van der Waals surface area contributed by atoms with E-state index in [1.165, 1.54) is 4.90 Å². The quantitative estimate of drug-likeness (QED) is 0.668. The van der Waals surface area contributed by atoms with E-state index in [-0.39, 0.29) is 24.5 Å². The highest BCUT2D eigenvalue weighted by atomic mass is 32.2. The highest BCUT2D eigenvalue weighted by molar-refractivity contribution is 7.91. The summed E-state index contributed by atoms with van der Waals surface area (Å²) in [6.07, 6.45) is 4.90. The number of terminal acetylenes is 1. The lowest BCUT2D eigenvalue weighted by Gasteiger charge is -2.33. The number of carboxylic acids is 1. The van der Waals surface area contributed by atoms with Gasteiger partial charge in [-0.05, 0) is 6.92 Å². The fourth-order valence-electron chi connectivity index (χ4n) is 1.85. The molecule has 0 bridgehead atoms. The Morgan fingerprint density at radius 2 is 2.21 bits per heavy atom. The Morgan fingerprint density at radius 3 is 2.68 bits per heavy atom. The lowest BCUT2D eigenvalue weighted by molar-refractivity contribution is -0.139.